The Hall–Kier alpha value is 0. The summed E-state index contributed by atoms with van der Waals surface area (Å²) < 4.78 is 0. The van der Waals surface area contributed by atoms with Crippen LogP contribution < -0.4 is 0 Å². The highest BCUT2D eigenvalue weighted by Crippen LogP contribution is 2.75. The molecule has 0 radical (unpaired) electrons. The molecule has 1 spiro atoms. The van der Waals surface area contributed by atoms with Crippen molar-refractivity contribution in [3.8, 4) is 0 Å². The Balaban J connectivity index is 1.79. The van der Waals surface area contributed by atoms with Gasteiger partial charge in [-0.3, -0.25) is 0 Å². The number of hydrogen-bond acceptors (Lipinski definition) is 0. The van der Waals surface area contributed by atoms with E-state index in [1.54, 1.807) is 44.9 Å². The van der Waals surface area contributed by atoms with E-state index < -0.39 is 0 Å². The zero-order valence-corrected chi connectivity index (χ0v) is 7.76. The second-order valence-electron chi connectivity index (χ2n) is 5.80. The first kappa shape index (κ1) is 6.45. The molecule has 0 bridgehead atoms. The van der Waals surface area contributed by atoms with Crippen LogP contribution in [-0.4, -0.2) is 0 Å². The molecule has 5 atom stereocenters. The summed E-state index contributed by atoms with van der Waals surface area (Å²) in [6, 6.07) is 0. The summed E-state index contributed by atoms with van der Waals surface area (Å²) in [6.07, 6.45) is 11.3. The number of fused-ring (bicyclic) bond motifs is 1. The Labute approximate surface area is 74.7 Å². The van der Waals surface area contributed by atoms with Gasteiger partial charge >= 0.3 is 0 Å². The third kappa shape index (κ3) is 0.459. The fourth-order valence-corrected chi connectivity index (χ4v) is 5.36. The minimum atomic E-state index is 0.961. The minimum absolute atomic E-state index is 0.961. The maximum Gasteiger partial charge on any atom is -0.0210 e. The molecule has 0 heteroatoms. The highest BCUT2D eigenvalue weighted by molar-refractivity contribution is 5.16. The molecule has 0 aromatic carbocycles. The van der Waals surface area contributed by atoms with Crippen molar-refractivity contribution < 1.29 is 0 Å². The maximum atomic E-state index is 1.64. The topological polar surface area (TPSA) is 0 Å². The summed E-state index contributed by atoms with van der Waals surface area (Å²) in [5.41, 5.74) is 0.961. The van der Waals surface area contributed by atoms with Crippen LogP contribution in [0.2, 0.25) is 0 Å². The van der Waals surface area contributed by atoms with Gasteiger partial charge in [0, 0.05) is 0 Å². The molecule has 0 heterocycles. The molecule has 0 nitrogen and oxygen atoms in total. The van der Waals surface area contributed by atoms with Crippen LogP contribution in [0.5, 0.6) is 0 Å². The van der Waals surface area contributed by atoms with Gasteiger partial charge < -0.3 is 0 Å². The molecule has 0 N–H and O–H groups in total. The smallest absolute Gasteiger partial charge is 0.0210 e. The third-order valence-electron chi connectivity index (χ3n) is 6.00. The first-order valence-corrected chi connectivity index (χ1v) is 5.91. The largest absolute Gasteiger partial charge is 0.0499 e. The zero-order chi connectivity index (χ0) is 7.76. The zero-order valence-electron chi connectivity index (χ0n) is 7.76. The molecule has 0 saturated heterocycles. The first-order chi connectivity index (χ1) is 5.91. The van der Waals surface area contributed by atoms with Gasteiger partial charge in [0.15, 0.2) is 0 Å². The van der Waals surface area contributed by atoms with Crippen LogP contribution in [0.15, 0.2) is 0 Å². The molecule has 5 unspecified atom stereocenters. The van der Waals surface area contributed by atoms with Crippen molar-refractivity contribution in [2.45, 2.75) is 44.9 Å². The second-order valence-corrected chi connectivity index (χ2v) is 5.80. The fourth-order valence-electron chi connectivity index (χ4n) is 5.36. The van der Waals surface area contributed by atoms with E-state index in [1.165, 1.54) is 23.7 Å². The van der Waals surface area contributed by atoms with Crippen LogP contribution in [0.25, 0.3) is 0 Å². The molecule has 4 fully saturated rings. The lowest BCUT2D eigenvalue weighted by atomic mass is 9.51. The summed E-state index contributed by atoms with van der Waals surface area (Å²) in [5.74, 6) is 4.84. The fraction of sp³-hybridized carbons (Fsp3) is 1.00. The Kier molecular flexibility index (Phi) is 0.946. The van der Waals surface area contributed by atoms with E-state index in [1.807, 2.05) is 0 Å². The Bertz CT molecular complexity index is 228. The Morgan fingerprint density at radius 3 is 2.42 bits per heavy atom. The molecule has 4 aliphatic carbocycles. The predicted molar refractivity (Wildman–Crippen MR) is 48.7 cm³/mol. The molecule has 12 heavy (non-hydrogen) atoms. The van der Waals surface area contributed by atoms with E-state index >= 15 is 0 Å². The monoisotopic (exact) mass is 162 g/mol. The average molecular weight is 162 g/mol. The van der Waals surface area contributed by atoms with Crippen LogP contribution in [0, 0.1) is 29.1 Å². The summed E-state index contributed by atoms with van der Waals surface area (Å²) in [7, 11) is 0. The quantitative estimate of drug-likeness (QED) is 0.513. The highest BCUT2D eigenvalue weighted by Gasteiger charge is 2.66. The van der Waals surface area contributed by atoms with Crippen molar-refractivity contribution in [3.63, 3.8) is 0 Å². The van der Waals surface area contributed by atoms with Gasteiger partial charge in [-0.1, -0.05) is 0 Å². The van der Waals surface area contributed by atoms with Crippen molar-refractivity contribution in [2.75, 3.05) is 0 Å². The van der Waals surface area contributed by atoms with Crippen molar-refractivity contribution >= 4 is 0 Å². The molecule has 4 aliphatic rings. The molecular weight excluding hydrogens is 144 g/mol. The number of rotatable bonds is 0. The first-order valence-electron chi connectivity index (χ1n) is 5.91. The highest BCUT2D eigenvalue weighted by atomic mass is 14.7. The lowest BCUT2D eigenvalue weighted by Gasteiger charge is -2.54. The Morgan fingerprint density at radius 2 is 1.75 bits per heavy atom. The summed E-state index contributed by atoms with van der Waals surface area (Å²) in [6.45, 7) is 0. The lowest BCUT2D eigenvalue weighted by Crippen LogP contribution is -2.46. The van der Waals surface area contributed by atoms with Crippen molar-refractivity contribution in [1.29, 1.82) is 0 Å². The molecule has 0 amide bonds. The third-order valence-corrected chi connectivity index (χ3v) is 6.00. The number of hydrogen-bond donors (Lipinski definition) is 0. The van der Waals surface area contributed by atoms with E-state index in [0.717, 1.165) is 5.41 Å². The van der Waals surface area contributed by atoms with Gasteiger partial charge in [0.2, 0.25) is 0 Å². The van der Waals surface area contributed by atoms with Gasteiger partial charge in [0.25, 0.3) is 0 Å². The summed E-state index contributed by atoms with van der Waals surface area (Å²) in [4.78, 5) is 0. The van der Waals surface area contributed by atoms with Crippen LogP contribution in [-0.2, 0) is 0 Å². The van der Waals surface area contributed by atoms with Crippen molar-refractivity contribution in [3.05, 3.63) is 0 Å². The van der Waals surface area contributed by atoms with Crippen LogP contribution >= 0.6 is 0 Å². The maximum absolute atomic E-state index is 1.64. The normalized spacial score (nSPS) is 66.0. The molecule has 66 valence electrons. The summed E-state index contributed by atoms with van der Waals surface area (Å²) in [5, 5.41) is 0. The molecule has 0 aromatic rings. The molecule has 4 rings (SSSR count). The average Bonchev–Trinajstić information content (AvgIpc) is 2.34. The van der Waals surface area contributed by atoms with Gasteiger partial charge in [-0.05, 0) is 74.0 Å². The minimum Gasteiger partial charge on any atom is -0.0499 e. The second kappa shape index (κ2) is 1.76. The molecule has 0 aromatic heterocycles. The van der Waals surface area contributed by atoms with E-state index in [2.05, 4.69) is 0 Å². The standard InChI is InChI=1S/C12H18/c1-4-11-8(1)7-10-3-2-9-5-6-12(9,10)11/h8-11H,1-7H2. The van der Waals surface area contributed by atoms with Crippen molar-refractivity contribution in [2.24, 2.45) is 29.1 Å². The van der Waals surface area contributed by atoms with Crippen LogP contribution in [0.3, 0.4) is 0 Å². The molecular formula is C12H18. The molecule has 0 aliphatic heterocycles. The van der Waals surface area contributed by atoms with Gasteiger partial charge in [0.05, 0.1) is 0 Å². The SMILES string of the molecule is C1CC2C1CC1CCC3CCC312. The van der Waals surface area contributed by atoms with Gasteiger partial charge in [-0.15, -0.1) is 0 Å². The molecule has 4 saturated carbocycles. The summed E-state index contributed by atoms with van der Waals surface area (Å²) >= 11 is 0. The van der Waals surface area contributed by atoms with E-state index in [0.29, 0.717) is 0 Å². The van der Waals surface area contributed by atoms with Gasteiger partial charge in [-0.25, -0.2) is 0 Å². The van der Waals surface area contributed by atoms with E-state index in [9.17, 15) is 0 Å². The Morgan fingerprint density at radius 1 is 0.833 bits per heavy atom. The van der Waals surface area contributed by atoms with Crippen LogP contribution in [0.4, 0.5) is 0 Å². The van der Waals surface area contributed by atoms with Gasteiger partial charge in [0.1, 0.15) is 0 Å². The van der Waals surface area contributed by atoms with Gasteiger partial charge in [-0.2, -0.15) is 0 Å². The lowest BCUT2D eigenvalue weighted by molar-refractivity contribution is -0.0484. The van der Waals surface area contributed by atoms with E-state index in [-0.39, 0.29) is 0 Å². The van der Waals surface area contributed by atoms with E-state index in [4.69, 9.17) is 0 Å². The van der Waals surface area contributed by atoms with Crippen LogP contribution in [0.1, 0.15) is 44.9 Å². The predicted octanol–water partition coefficient (Wildman–Crippen LogP) is 3.22. The van der Waals surface area contributed by atoms with Crippen molar-refractivity contribution in [1.82, 2.24) is 0 Å².